The van der Waals surface area contributed by atoms with E-state index in [9.17, 15) is 26.0 Å². The van der Waals surface area contributed by atoms with Crippen molar-refractivity contribution < 1.29 is 50.8 Å². The molecule has 0 aliphatic rings. The van der Waals surface area contributed by atoms with Crippen LogP contribution in [0.2, 0.25) is 0 Å². The molecular formula is C5H9F4LiO3S. The van der Waals surface area contributed by atoms with Gasteiger partial charge >= 0.3 is 18.9 Å². The molecule has 0 amide bonds. The van der Waals surface area contributed by atoms with Crippen molar-refractivity contribution in [1.82, 2.24) is 0 Å². The second kappa shape index (κ2) is 6.66. The molecule has 9 heteroatoms. The predicted molar refractivity (Wildman–Crippen MR) is 38.2 cm³/mol. The molecule has 0 heterocycles. The van der Waals surface area contributed by atoms with Gasteiger partial charge in [0.2, 0.25) is 0 Å². The predicted octanol–water partition coefficient (Wildman–Crippen LogP) is -2.03. The van der Waals surface area contributed by atoms with Gasteiger partial charge in [0.15, 0.2) is 18.5 Å². The zero-order chi connectivity index (χ0) is 10.6. The third-order valence-electron chi connectivity index (χ3n) is 1.21. The Morgan fingerprint density at radius 1 is 1.21 bits per heavy atom. The molecule has 14 heavy (non-hydrogen) atoms. The first-order valence-electron chi connectivity index (χ1n) is 3.21. The first-order chi connectivity index (χ1) is 5.78. The van der Waals surface area contributed by atoms with Gasteiger partial charge < -0.3 is 1.43 Å². The summed E-state index contributed by atoms with van der Waals surface area (Å²) < 4.78 is 76.3. The van der Waals surface area contributed by atoms with Gasteiger partial charge in [-0.05, 0) is 0 Å². The van der Waals surface area contributed by atoms with E-state index < -0.39 is 41.1 Å². The molecule has 0 spiro atoms. The zero-order valence-electron chi connectivity index (χ0n) is 8.33. The largest absolute Gasteiger partial charge is 1.00 e. The topological polar surface area (TPSA) is 54.4 Å². The Morgan fingerprint density at radius 2 is 1.64 bits per heavy atom. The molecule has 0 aromatic rings. The van der Waals surface area contributed by atoms with Crippen LogP contribution in [0.15, 0.2) is 0 Å². The smallest absolute Gasteiger partial charge is 1.00 e. The fraction of sp³-hybridized carbons (Fsp3) is 1.00. The van der Waals surface area contributed by atoms with Crippen LogP contribution in [0.1, 0.15) is 1.43 Å². The van der Waals surface area contributed by atoms with Crippen LogP contribution in [0, 0.1) is 0 Å². The molecular weight excluding hydrogens is 223 g/mol. The minimum absolute atomic E-state index is 0. The Hall–Kier alpha value is 0.227. The number of halogens is 4. The van der Waals surface area contributed by atoms with Crippen molar-refractivity contribution in [3.05, 3.63) is 0 Å². The summed E-state index contributed by atoms with van der Waals surface area (Å²) in [4.78, 5) is 0. The normalized spacial score (nSPS) is 18.1. The van der Waals surface area contributed by atoms with Gasteiger partial charge in [0, 0.05) is 0 Å². The number of hydrogen-bond donors (Lipinski definition) is 1. The van der Waals surface area contributed by atoms with E-state index in [2.05, 4.69) is 0 Å². The van der Waals surface area contributed by atoms with E-state index in [-0.39, 0.29) is 20.3 Å². The number of alkyl halides is 4. The van der Waals surface area contributed by atoms with Gasteiger partial charge in [-0.15, -0.1) is 0 Å². The van der Waals surface area contributed by atoms with Gasteiger partial charge in [0.25, 0.3) is 10.1 Å². The maximum atomic E-state index is 12.4. The van der Waals surface area contributed by atoms with E-state index >= 15 is 0 Å². The fourth-order valence-electron chi connectivity index (χ4n) is 0.605. The van der Waals surface area contributed by atoms with Crippen molar-refractivity contribution in [3.8, 4) is 0 Å². The van der Waals surface area contributed by atoms with Gasteiger partial charge in [-0.1, -0.05) is 0 Å². The van der Waals surface area contributed by atoms with Crippen LogP contribution in [-0.4, -0.2) is 43.9 Å². The molecule has 1 N–H and O–H groups in total. The van der Waals surface area contributed by atoms with E-state index in [1.54, 1.807) is 0 Å². The SMILES string of the molecule is O=S(=O)(O)CC(F)C(F)C(F)CF.[H-].[Li+]. The van der Waals surface area contributed by atoms with Crippen molar-refractivity contribution >= 4 is 10.1 Å². The third-order valence-corrected chi connectivity index (χ3v) is 1.95. The minimum Gasteiger partial charge on any atom is -1.00 e. The van der Waals surface area contributed by atoms with Crippen molar-refractivity contribution in [2.75, 3.05) is 12.4 Å². The molecule has 0 aromatic heterocycles. The molecule has 0 rings (SSSR count). The summed E-state index contributed by atoms with van der Waals surface area (Å²) in [6.07, 6.45) is -8.36. The van der Waals surface area contributed by atoms with Gasteiger partial charge in [-0.3, -0.25) is 4.55 Å². The zero-order valence-corrected chi connectivity index (χ0v) is 8.15. The molecule has 0 saturated carbocycles. The molecule has 82 valence electrons. The Balaban J connectivity index is -0.000000720. The number of rotatable bonds is 5. The van der Waals surface area contributed by atoms with Gasteiger partial charge in [0.05, 0.1) is 0 Å². The first-order valence-corrected chi connectivity index (χ1v) is 4.82. The molecule has 3 unspecified atom stereocenters. The third kappa shape index (κ3) is 6.65. The maximum Gasteiger partial charge on any atom is 1.00 e. The van der Waals surface area contributed by atoms with Crippen LogP contribution in [0.4, 0.5) is 17.6 Å². The molecule has 0 bridgehead atoms. The van der Waals surface area contributed by atoms with Gasteiger partial charge in [0.1, 0.15) is 12.4 Å². The van der Waals surface area contributed by atoms with E-state index in [0.29, 0.717) is 0 Å². The number of hydrogen-bond acceptors (Lipinski definition) is 2. The Labute approximate surface area is 92.3 Å². The first kappa shape index (κ1) is 16.6. The quantitative estimate of drug-likeness (QED) is 0.338. The van der Waals surface area contributed by atoms with E-state index in [4.69, 9.17) is 4.55 Å². The molecule has 0 aliphatic carbocycles. The molecule has 0 saturated heterocycles. The van der Waals surface area contributed by atoms with E-state index in [0.717, 1.165) is 0 Å². The van der Waals surface area contributed by atoms with Crippen LogP contribution < -0.4 is 18.9 Å². The average molecular weight is 232 g/mol. The minimum atomic E-state index is -4.71. The van der Waals surface area contributed by atoms with Crippen molar-refractivity contribution in [1.29, 1.82) is 0 Å². The van der Waals surface area contributed by atoms with Gasteiger partial charge in [-0.25, -0.2) is 17.6 Å². The molecule has 0 fully saturated rings. The van der Waals surface area contributed by atoms with Crippen LogP contribution in [0.25, 0.3) is 0 Å². The summed E-state index contributed by atoms with van der Waals surface area (Å²) in [5.74, 6) is -1.57. The van der Waals surface area contributed by atoms with Gasteiger partial charge in [-0.2, -0.15) is 8.42 Å². The summed E-state index contributed by atoms with van der Waals surface area (Å²) in [7, 11) is -4.71. The standard InChI is InChI=1S/C5H8F4O3S.Li.H/c6-1-3(7)5(9)4(8)2-13(10,11)12;;/h3-5H,1-2H2,(H,10,11,12);;/q;+1;-1. The molecule has 3 nitrogen and oxygen atoms in total. The van der Waals surface area contributed by atoms with Crippen molar-refractivity contribution in [3.63, 3.8) is 0 Å². The van der Waals surface area contributed by atoms with Crippen LogP contribution in [0.3, 0.4) is 0 Å². The Bertz CT molecular complexity index is 253. The average Bonchev–Trinajstić information content (AvgIpc) is 1.98. The Morgan fingerprint density at radius 3 is 1.93 bits per heavy atom. The van der Waals surface area contributed by atoms with Crippen LogP contribution in [0.5, 0.6) is 0 Å². The van der Waals surface area contributed by atoms with Crippen molar-refractivity contribution in [2.24, 2.45) is 0 Å². The maximum absolute atomic E-state index is 12.4. The monoisotopic (exact) mass is 232 g/mol. The fourth-order valence-corrected chi connectivity index (χ4v) is 1.19. The summed E-state index contributed by atoms with van der Waals surface area (Å²) in [6, 6.07) is 0. The summed E-state index contributed by atoms with van der Waals surface area (Å²) >= 11 is 0. The molecule has 0 radical (unpaired) electrons. The molecule has 0 aliphatic heterocycles. The van der Waals surface area contributed by atoms with E-state index in [1.165, 1.54) is 0 Å². The van der Waals surface area contributed by atoms with Crippen LogP contribution in [-0.2, 0) is 10.1 Å². The Kier molecular flexibility index (Phi) is 7.92. The summed E-state index contributed by atoms with van der Waals surface area (Å²) in [5, 5.41) is 0. The van der Waals surface area contributed by atoms with Crippen LogP contribution >= 0.6 is 0 Å². The molecule has 0 aromatic carbocycles. The van der Waals surface area contributed by atoms with Crippen molar-refractivity contribution in [2.45, 2.75) is 18.5 Å². The second-order valence-electron chi connectivity index (χ2n) is 2.38. The van der Waals surface area contributed by atoms with E-state index in [1.807, 2.05) is 0 Å². The second-order valence-corrected chi connectivity index (χ2v) is 3.88. The summed E-state index contributed by atoms with van der Waals surface area (Å²) in [5.41, 5.74) is 0. The molecule has 3 atom stereocenters. The summed E-state index contributed by atoms with van der Waals surface area (Å²) in [6.45, 7) is -1.74.